The molecule has 2 aromatic rings. The van der Waals surface area contributed by atoms with E-state index in [0.717, 1.165) is 23.0 Å². The Hall–Kier alpha value is -1.90. The molecule has 0 saturated carbocycles. The van der Waals surface area contributed by atoms with Crippen LogP contribution in [0.4, 0.5) is 9.18 Å². The van der Waals surface area contributed by atoms with Gasteiger partial charge in [-0.15, -0.1) is 0 Å². The van der Waals surface area contributed by atoms with Crippen LogP contribution in [0.1, 0.15) is 53.0 Å². The molecule has 182 valence electrons. The smallest absolute Gasteiger partial charge is 0.410 e. The van der Waals surface area contributed by atoms with Crippen LogP contribution in [0.3, 0.4) is 0 Å². The number of carbonyl (C=O) groups is 1. The maximum absolute atomic E-state index is 13.8. The SMILES string of the molecule is CC(C)(C)OC(=O)N1C[C@@H](O[Si](C)(C)C(C)(C)C)[C@H]2NC[C@@H](c3c[nH]c4cc(F)ccc34)[C@H]21. The summed E-state index contributed by atoms with van der Waals surface area (Å²) in [6, 6.07) is 4.74. The summed E-state index contributed by atoms with van der Waals surface area (Å²) in [5.41, 5.74) is 1.28. The predicted octanol–water partition coefficient (Wildman–Crippen LogP) is 5.37. The average molecular weight is 476 g/mol. The highest BCUT2D eigenvalue weighted by atomic mass is 28.4. The molecular weight excluding hydrogens is 437 g/mol. The normalized spacial score (nSPS) is 26.2. The van der Waals surface area contributed by atoms with E-state index in [1.165, 1.54) is 12.1 Å². The predicted molar refractivity (Wildman–Crippen MR) is 132 cm³/mol. The molecule has 2 fully saturated rings. The summed E-state index contributed by atoms with van der Waals surface area (Å²) >= 11 is 0. The number of ether oxygens (including phenoxy) is 1. The fourth-order valence-corrected chi connectivity index (χ4v) is 6.18. The Morgan fingerprint density at radius 2 is 1.88 bits per heavy atom. The molecule has 0 bridgehead atoms. The number of nitrogens with zero attached hydrogens (tertiary/aromatic N) is 1. The Morgan fingerprint density at radius 3 is 2.52 bits per heavy atom. The van der Waals surface area contributed by atoms with Crippen LogP contribution in [-0.4, -0.2) is 61.2 Å². The number of hydrogen-bond donors (Lipinski definition) is 2. The second-order valence-electron chi connectivity index (χ2n) is 12.0. The van der Waals surface area contributed by atoms with Crippen LogP contribution >= 0.6 is 0 Å². The van der Waals surface area contributed by atoms with Gasteiger partial charge in [-0.05, 0) is 62.7 Å². The van der Waals surface area contributed by atoms with Gasteiger partial charge in [0.25, 0.3) is 0 Å². The number of rotatable bonds is 3. The standard InChI is InChI=1S/C25H38FN3O3Si/c1-24(2,3)31-23(30)29-14-20(32-33(7,8)25(4,5)6)21-22(29)18(13-28-21)17-12-27-19-11-15(26)9-10-16(17)19/h9-12,18,20-22,27-28H,13-14H2,1-8H3/t18-,20+,21+,22+/m0/s1. The Morgan fingerprint density at radius 1 is 1.18 bits per heavy atom. The summed E-state index contributed by atoms with van der Waals surface area (Å²) in [5.74, 6) is -0.216. The van der Waals surface area contributed by atoms with Gasteiger partial charge in [0.05, 0.1) is 24.7 Å². The molecule has 4 atom stereocenters. The monoisotopic (exact) mass is 475 g/mol. The molecule has 1 amide bonds. The number of hydrogen-bond acceptors (Lipinski definition) is 4. The van der Waals surface area contributed by atoms with Gasteiger partial charge in [-0.3, -0.25) is 0 Å². The number of fused-ring (bicyclic) bond motifs is 2. The maximum Gasteiger partial charge on any atom is 0.410 e. The van der Waals surface area contributed by atoms with Crippen LogP contribution in [0.5, 0.6) is 0 Å². The Bertz CT molecular complexity index is 1040. The topological polar surface area (TPSA) is 66.6 Å². The van der Waals surface area contributed by atoms with E-state index < -0.39 is 13.9 Å². The summed E-state index contributed by atoms with van der Waals surface area (Å²) in [6.07, 6.45) is 1.54. The minimum absolute atomic E-state index is 0.0158. The number of H-pyrrole nitrogens is 1. The van der Waals surface area contributed by atoms with E-state index in [2.05, 4.69) is 44.2 Å². The van der Waals surface area contributed by atoms with Crippen molar-refractivity contribution < 1.29 is 18.3 Å². The molecule has 0 unspecified atom stereocenters. The number of halogens is 1. The van der Waals surface area contributed by atoms with Crippen LogP contribution in [0, 0.1) is 5.82 Å². The number of amides is 1. The lowest BCUT2D eigenvalue weighted by molar-refractivity contribution is 0.0199. The highest BCUT2D eigenvalue weighted by molar-refractivity contribution is 6.74. The molecule has 2 aliphatic rings. The van der Waals surface area contributed by atoms with Gasteiger partial charge in [0.2, 0.25) is 0 Å². The molecule has 8 heteroatoms. The van der Waals surface area contributed by atoms with Crippen molar-refractivity contribution in [2.45, 2.75) is 89.4 Å². The van der Waals surface area contributed by atoms with Gasteiger partial charge in [-0.1, -0.05) is 20.8 Å². The van der Waals surface area contributed by atoms with Gasteiger partial charge in [0.15, 0.2) is 8.32 Å². The number of carbonyl (C=O) groups excluding carboxylic acids is 1. The molecule has 0 radical (unpaired) electrons. The summed E-state index contributed by atoms with van der Waals surface area (Å²) in [4.78, 5) is 18.4. The summed E-state index contributed by atoms with van der Waals surface area (Å²) in [5, 5.41) is 4.72. The molecule has 1 aromatic carbocycles. The Kier molecular flexibility index (Phi) is 5.95. The zero-order chi connectivity index (χ0) is 24.3. The van der Waals surface area contributed by atoms with Gasteiger partial charge in [-0.2, -0.15) is 0 Å². The zero-order valence-corrected chi connectivity index (χ0v) is 22.1. The van der Waals surface area contributed by atoms with Crippen LogP contribution in [0.25, 0.3) is 10.9 Å². The van der Waals surface area contributed by atoms with Crippen molar-refractivity contribution in [1.29, 1.82) is 0 Å². The fraction of sp³-hybridized carbons (Fsp3) is 0.640. The van der Waals surface area contributed by atoms with E-state index in [0.29, 0.717) is 6.54 Å². The van der Waals surface area contributed by atoms with E-state index >= 15 is 0 Å². The first kappa shape index (κ1) is 24.2. The van der Waals surface area contributed by atoms with E-state index in [-0.39, 0.29) is 41.1 Å². The summed E-state index contributed by atoms with van der Waals surface area (Å²) < 4.78 is 26.4. The van der Waals surface area contributed by atoms with E-state index in [1.54, 1.807) is 0 Å². The third-order valence-electron chi connectivity index (χ3n) is 7.45. The Labute approximate surface area is 197 Å². The van der Waals surface area contributed by atoms with Crippen LogP contribution in [-0.2, 0) is 9.16 Å². The van der Waals surface area contributed by atoms with Crippen molar-refractivity contribution in [3.63, 3.8) is 0 Å². The fourth-order valence-electron chi connectivity index (χ4n) is 4.85. The highest BCUT2D eigenvalue weighted by Crippen LogP contribution is 2.43. The number of aromatic amines is 1. The zero-order valence-electron chi connectivity index (χ0n) is 21.1. The number of benzene rings is 1. The quantitative estimate of drug-likeness (QED) is 0.586. The third kappa shape index (κ3) is 4.57. The molecule has 3 heterocycles. The maximum atomic E-state index is 13.8. The van der Waals surface area contributed by atoms with E-state index in [9.17, 15) is 9.18 Å². The van der Waals surface area contributed by atoms with E-state index in [4.69, 9.17) is 9.16 Å². The van der Waals surface area contributed by atoms with Crippen molar-refractivity contribution in [2.24, 2.45) is 0 Å². The molecular formula is C25H38FN3O3Si. The second kappa shape index (κ2) is 8.10. The Balaban J connectivity index is 1.69. The molecule has 2 saturated heterocycles. The number of likely N-dealkylation sites (tertiary alicyclic amines) is 1. The number of nitrogens with one attached hydrogen (secondary N) is 2. The van der Waals surface area contributed by atoms with Gasteiger partial charge < -0.3 is 24.4 Å². The first-order valence-corrected chi connectivity index (χ1v) is 14.8. The average Bonchev–Trinajstić information content (AvgIpc) is 3.33. The second-order valence-corrected chi connectivity index (χ2v) is 16.8. The van der Waals surface area contributed by atoms with Crippen LogP contribution < -0.4 is 5.32 Å². The van der Waals surface area contributed by atoms with Gasteiger partial charge in [-0.25, -0.2) is 9.18 Å². The van der Waals surface area contributed by atoms with Crippen LogP contribution in [0.15, 0.2) is 24.4 Å². The lowest BCUT2D eigenvalue weighted by atomic mass is 9.91. The van der Waals surface area contributed by atoms with Crippen molar-refractivity contribution >= 4 is 25.3 Å². The van der Waals surface area contributed by atoms with Crippen molar-refractivity contribution in [1.82, 2.24) is 15.2 Å². The minimum atomic E-state index is -2.05. The lowest BCUT2D eigenvalue weighted by Crippen LogP contribution is -2.49. The van der Waals surface area contributed by atoms with Crippen molar-refractivity contribution in [3.05, 3.63) is 35.8 Å². The molecule has 33 heavy (non-hydrogen) atoms. The molecule has 4 rings (SSSR count). The lowest BCUT2D eigenvalue weighted by Gasteiger charge is -2.39. The molecule has 2 N–H and O–H groups in total. The van der Waals surface area contributed by atoms with Crippen molar-refractivity contribution in [2.75, 3.05) is 13.1 Å². The van der Waals surface area contributed by atoms with Gasteiger partial charge in [0.1, 0.15) is 11.4 Å². The van der Waals surface area contributed by atoms with Crippen LogP contribution in [0.2, 0.25) is 18.1 Å². The first-order valence-electron chi connectivity index (χ1n) is 11.9. The largest absolute Gasteiger partial charge is 0.444 e. The highest BCUT2D eigenvalue weighted by Gasteiger charge is 2.55. The summed E-state index contributed by atoms with van der Waals surface area (Å²) in [6.45, 7) is 18.1. The third-order valence-corrected chi connectivity index (χ3v) is 12.0. The molecule has 6 nitrogen and oxygen atoms in total. The molecule has 0 spiro atoms. The number of aromatic nitrogens is 1. The van der Waals surface area contributed by atoms with E-state index in [1.807, 2.05) is 37.9 Å². The first-order chi connectivity index (χ1) is 15.2. The minimum Gasteiger partial charge on any atom is -0.444 e. The molecule has 1 aromatic heterocycles. The van der Waals surface area contributed by atoms with Crippen molar-refractivity contribution in [3.8, 4) is 0 Å². The summed E-state index contributed by atoms with van der Waals surface area (Å²) in [7, 11) is -2.05. The molecule has 2 aliphatic heterocycles. The van der Waals surface area contributed by atoms with Gasteiger partial charge in [0, 0.05) is 29.6 Å². The van der Waals surface area contributed by atoms with Gasteiger partial charge >= 0.3 is 6.09 Å². The molecule has 0 aliphatic carbocycles.